The molecule has 0 saturated heterocycles. The molecule has 1 unspecified atom stereocenters. The summed E-state index contributed by atoms with van der Waals surface area (Å²) in [5.41, 5.74) is 2.16. The van der Waals surface area contributed by atoms with Crippen LogP contribution >= 0.6 is 23.4 Å². The fourth-order valence-electron chi connectivity index (χ4n) is 1.96. The lowest BCUT2D eigenvalue weighted by Crippen LogP contribution is -2.13. The molecule has 1 heterocycles. The first-order chi connectivity index (χ1) is 10.1. The van der Waals surface area contributed by atoms with Gasteiger partial charge in [-0.3, -0.25) is 4.79 Å². The van der Waals surface area contributed by atoms with Crippen LogP contribution in [0.1, 0.15) is 17.3 Å². The highest BCUT2D eigenvalue weighted by Gasteiger charge is 2.19. The molecule has 0 aliphatic heterocycles. The van der Waals surface area contributed by atoms with Crippen molar-refractivity contribution in [3.63, 3.8) is 0 Å². The first kappa shape index (κ1) is 14.2. The molecular formula is C16H12ClNO2S. The number of carbonyl (C=O) groups is 1. The number of fused-ring (bicyclic) bond motifs is 1. The van der Waals surface area contributed by atoms with Crippen molar-refractivity contribution in [1.82, 2.24) is 4.98 Å². The maximum Gasteiger partial charge on any atom is 0.257 e. The summed E-state index contributed by atoms with van der Waals surface area (Å²) in [6.07, 6.45) is 0. The van der Waals surface area contributed by atoms with E-state index in [1.165, 1.54) is 11.8 Å². The zero-order valence-electron chi connectivity index (χ0n) is 11.2. The number of ketones is 1. The van der Waals surface area contributed by atoms with E-state index >= 15 is 0 Å². The van der Waals surface area contributed by atoms with E-state index in [9.17, 15) is 4.79 Å². The molecule has 0 aliphatic carbocycles. The number of halogens is 1. The van der Waals surface area contributed by atoms with Crippen LogP contribution in [0.25, 0.3) is 11.1 Å². The Morgan fingerprint density at radius 1 is 1.19 bits per heavy atom. The van der Waals surface area contributed by atoms with E-state index in [0.29, 0.717) is 15.8 Å². The Kier molecular flexibility index (Phi) is 3.99. The topological polar surface area (TPSA) is 43.1 Å². The normalized spacial score (nSPS) is 12.5. The van der Waals surface area contributed by atoms with Crippen molar-refractivity contribution < 1.29 is 9.21 Å². The number of carbonyl (C=O) groups excluding carboxylic acids is 1. The summed E-state index contributed by atoms with van der Waals surface area (Å²) in [6.45, 7) is 1.84. The quantitative estimate of drug-likeness (QED) is 0.510. The first-order valence-electron chi connectivity index (χ1n) is 6.45. The Labute approximate surface area is 131 Å². The van der Waals surface area contributed by atoms with E-state index in [4.69, 9.17) is 16.0 Å². The summed E-state index contributed by atoms with van der Waals surface area (Å²) in [6, 6.07) is 14.4. The molecule has 106 valence electrons. The molecule has 0 bridgehead atoms. The van der Waals surface area contributed by atoms with Gasteiger partial charge < -0.3 is 4.42 Å². The van der Waals surface area contributed by atoms with Gasteiger partial charge in [-0.25, -0.2) is 4.98 Å². The molecule has 3 rings (SSSR count). The van der Waals surface area contributed by atoms with Gasteiger partial charge in [0.05, 0.1) is 5.25 Å². The van der Waals surface area contributed by atoms with Gasteiger partial charge in [0.1, 0.15) is 5.52 Å². The van der Waals surface area contributed by atoms with Gasteiger partial charge in [0, 0.05) is 10.6 Å². The first-order valence-corrected chi connectivity index (χ1v) is 7.71. The van der Waals surface area contributed by atoms with Crippen molar-refractivity contribution in [3.05, 3.63) is 59.1 Å². The minimum absolute atomic E-state index is 0.0268. The largest absolute Gasteiger partial charge is 0.431 e. The molecule has 0 N–H and O–H groups in total. The van der Waals surface area contributed by atoms with E-state index in [1.807, 2.05) is 31.2 Å². The Morgan fingerprint density at radius 3 is 2.62 bits per heavy atom. The minimum atomic E-state index is -0.278. The molecule has 1 aromatic heterocycles. The highest BCUT2D eigenvalue weighted by atomic mass is 35.5. The number of Topliss-reactive ketones (excluding diaryl/α,β-unsaturated/α-hetero) is 1. The maximum absolute atomic E-state index is 12.3. The second-order valence-electron chi connectivity index (χ2n) is 4.58. The number of thioether (sulfide) groups is 1. The molecule has 5 heteroatoms. The van der Waals surface area contributed by atoms with Gasteiger partial charge >= 0.3 is 0 Å². The van der Waals surface area contributed by atoms with Crippen LogP contribution in [-0.4, -0.2) is 16.0 Å². The Balaban J connectivity index is 1.77. The fraction of sp³-hybridized carbons (Fsp3) is 0.125. The van der Waals surface area contributed by atoms with Crippen molar-refractivity contribution in [2.75, 3.05) is 0 Å². The second kappa shape index (κ2) is 5.92. The summed E-state index contributed by atoms with van der Waals surface area (Å²) < 4.78 is 5.62. The predicted molar refractivity (Wildman–Crippen MR) is 85.1 cm³/mol. The summed E-state index contributed by atoms with van der Waals surface area (Å²) in [4.78, 5) is 16.7. The van der Waals surface area contributed by atoms with Crippen LogP contribution in [0.15, 0.2) is 58.2 Å². The minimum Gasteiger partial charge on any atom is -0.431 e. The van der Waals surface area contributed by atoms with Gasteiger partial charge in [0.2, 0.25) is 0 Å². The number of benzene rings is 2. The smallest absolute Gasteiger partial charge is 0.257 e. The number of hydrogen-bond acceptors (Lipinski definition) is 4. The van der Waals surface area contributed by atoms with Crippen LogP contribution in [0.5, 0.6) is 0 Å². The molecule has 0 saturated carbocycles. The van der Waals surface area contributed by atoms with Crippen LogP contribution < -0.4 is 0 Å². The Hall–Kier alpha value is -1.78. The van der Waals surface area contributed by atoms with Crippen molar-refractivity contribution in [2.24, 2.45) is 0 Å². The van der Waals surface area contributed by atoms with Gasteiger partial charge in [-0.1, -0.05) is 35.5 Å². The SMILES string of the molecule is CC(Sc1nc2ccccc2o1)C(=O)c1ccc(Cl)cc1. The Bertz CT molecular complexity index is 749. The van der Waals surface area contributed by atoms with Crippen LogP contribution in [-0.2, 0) is 0 Å². The van der Waals surface area contributed by atoms with Crippen molar-refractivity contribution in [2.45, 2.75) is 17.4 Å². The summed E-state index contributed by atoms with van der Waals surface area (Å²) in [5.74, 6) is 0.0268. The standard InChI is InChI=1S/C16H12ClNO2S/c1-10(15(19)11-6-8-12(17)9-7-11)21-16-18-13-4-2-3-5-14(13)20-16/h2-10H,1H3. The molecule has 21 heavy (non-hydrogen) atoms. The van der Waals surface area contributed by atoms with Crippen LogP contribution in [0.3, 0.4) is 0 Å². The number of oxazole rings is 1. The lowest BCUT2D eigenvalue weighted by atomic mass is 10.1. The van der Waals surface area contributed by atoms with Gasteiger partial charge in [-0.05, 0) is 43.3 Å². The lowest BCUT2D eigenvalue weighted by molar-refractivity contribution is 0.0993. The van der Waals surface area contributed by atoms with Gasteiger partial charge in [0.15, 0.2) is 11.4 Å². The van der Waals surface area contributed by atoms with Gasteiger partial charge in [-0.2, -0.15) is 0 Å². The summed E-state index contributed by atoms with van der Waals surface area (Å²) in [7, 11) is 0. The van der Waals surface area contributed by atoms with Crippen LogP contribution in [0.4, 0.5) is 0 Å². The molecular weight excluding hydrogens is 306 g/mol. The Morgan fingerprint density at radius 2 is 1.90 bits per heavy atom. The van der Waals surface area contributed by atoms with Crippen molar-refractivity contribution in [3.8, 4) is 0 Å². The molecule has 0 fully saturated rings. The van der Waals surface area contributed by atoms with Crippen molar-refractivity contribution in [1.29, 1.82) is 0 Å². The third-order valence-electron chi connectivity index (χ3n) is 3.05. The van der Waals surface area contributed by atoms with E-state index in [1.54, 1.807) is 24.3 Å². The van der Waals surface area contributed by atoms with Gasteiger partial charge in [0.25, 0.3) is 5.22 Å². The number of rotatable bonds is 4. The maximum atomic E-state index is 12.3. The van der Waals surface area contributed by atoms with E-state index < -0.39 is 0 Å². The lowest BCUT2D eigenvalue weighted by Gasteiger charge is -2.07. The average molecular weight is 318 g/mol. The summed E-state index contributed by atoms with van der Waals surface area (Å²) in [5, 5.41) is 0.844. The fourth-order valence-corrected chi connectivity index (χ4v) is 2.92. The number of para-hydroxylation sites is 2. The summed E-state index contributed by atoms with van der Waals surface area (Å²) >= 11 is 7.15. The predicted octanol–water partition coefficient (Wildman–Crippen LogP) is 4.84. The molecule has 0 amide bonds. The molecule has 1 atom stereocenters. The third kappa shape index (κ3) is 3.12. The van der Waals surface area contributed by atoms with E-state index in [2.05, 4.69) is 4.98 Å². The average Bonchev–Trinajstić information content (AvgIpc) is 2.89. The highest BCUT2D eigenvalue weighted by molar-refractivity contribution is 8.00. The molecule has 2 aromatic carbocycles. The third-order valence-corrected chi connectivity index (χ3v) is 4.25. The molecule has 0 spiro atoms. The number of aromatic nitrogens is 1. The zero-order chi connectivity index (χ0) is 14.8. The number of nitrogens with zero attached hydrogens (tertiary/aromatic N) is 1. The zero-order valence-corrected chi connectivity index (χ0v) is 12.8. The van der Waals surface area contributed by atoms with E-state index in [0.717, 1.165) is 11.1 Å². The molecule has 3 aromatic rings. The van der Waals surface area contributed by atoms with E-state index in [-0.39, 0.29) is 11.0 Å². The van der Waals surface area contributed by atoms with Crippen LogP contribution in [0, 0.1) is 0 Å². The second-order valence-corrected chi connectivity index (χ2v) is 6.31. The number of hydrogen-bond donors (Lipinski definition) is 0. The monoisotopic (exact) mass is 317 g/mol. The molecule has 0 radical (unpaired) electrons. The van der Waals surface area contributed by atoms with Crippen molar-refractivity contribution >= 4 is 40.2 Å². The van der Waals surface area contributed by atoms with Gasteiger partial charge in [-0.15, -0.1) is 0 Å². The molecule has 3 nitrogen and oxygen atoms in total. The highest BCUT2D eigenvalue weighted by Crippen LogP contribution is 2.28. The molecule has 0 aliphatic rings. The van der Waals surface area contributed by atoms with Crippen LogP contribution in [0.2, 0.25) is 5.02 Å².